The molecule has 1 aliphatic rings. The van der Waals surface area contributed by atoms with Gasteiger partial charge >= 0.3 is 0 Å². The number of fused-ring (bicyclic) bond motifs is 1. The molecule has 4 heteroatoms. The van der Waals surface area contributed by atoms with Crippen molar-refractivity contribution >= 4 is 21.7 Å². The molecule has 1 aromatic heterocycles. The summed E-state index contributed by atoms with van der Waals surface area (Å²) in [6, 6.07) is 8.17. The molecule has 88 valence electrons. The molecule has 3 nitrogen and oxygen atoms in total. The monoisotopic (exact) mass is 291 g/mol. The highest BCUT2D eigenvalue weighted by Crippen LogP contribution is 2.28. The van der Waals surface area contributed by atoms with Gasteiger partial charge in [-0.1, -0.05) is 22.0 Å². The fraction of sp³-hybridized carbons (Fsp3) is 0.308. The summed E-state index contributed by atoms with van der Waals surface area (Å²) in [5.74, 6) is 0.694. The van der Waals surface area contributed by atoms with Crippen molar-refractivity contribution in [2.24, 2.45) is 0 Å². The summed E-state index contributed by atoms with van der Waals surface area (Å²) in [4.78, 5) is 0. The summed E-state index contributed by atoms with van der Waals surface area (Å²) in [5, 5.41) is 4.48. The van der Waals surface area contributed by atoms with Crippen molar-refractivity contribution in [3.8, 4) is 5.69 Å². The van der Waals surface area contributed by atoms with E-state index in [9.17, 15) is 0 Å². The smallest absolute Gasteiger partial charge is 0.149 e. The molecule has 17 heavy (non-hydrogen) atoms. The third-order valence-corrected chi connectivity index (χ3v) is 3.76. The highest BCUT2D eigenvalue weighted by Gasteiger charge is 2.19. The molecule has 0 amide bonds. The fourth-order valence-corrected chi connectivity index (χ4v) is 2.84. The van der Waals surface area contributed by atoms with Gasteiger partial charge in [0.1, 0.15) is 5.82 Å². The Bertz CT molecular complexity index is 560. The van der Waals surface area contributed by atoms with Crippen molar-refractivity contribution in [2.75, 3.05) is 5.73 Å². The van der Waals surface area contributed by atoms with E-state index in [1.165, 1.54) is 24.1 Å². The Labute approximate surface area is 109 Å². The molecule has 0 unspecified atom stereocenters. The molecule has 0 spiro atoms. The molecular weight excluding hydrogens is 278 g/mol. The van der Waals surface area contributed by atoms with Crippen LogP contribution in [0.1, 0.15) is 24.1 Å². The van der Waals surface area contributed by atoms with Crippen molar-refractivity contribution in [1.29, 1.82) is 0 Å². The van der Waals surface area contributed by atoms with Gasteiger partial charge in [0.25, 0.3) is 0 Å². The average molecular weight is 292 g/mol. The van der Waals surface area contributed by atoms with Crippen molar-refractivity contribution in [3.05, 3.63) is 40.0 Å². The molecule has 2 N–H and O–H groups in total. The second-order valence-corrected chi connectivity index (χ2v) is 5.32. The van der Waals surface area contributed by atoms with Crippen LogP contribution in [0.5, 0.6) is 0 Å². The first-order chi connectivity index (χ1) is 8.25. The molecule has 1 aliphatic carbocycles. The van der Waals surface area contributed by atoms with E-state index >= 15 is 0 Å². The molecule has 0 radical (unpaired) electrons. The molecule has 0 fully saturated rings. The number of aromatic nitrogens is 2. The van der Waals surface area contributed by atoms with Gasteiger partial charge in [-0.05, 0) is 43.9 Å². The minimum Gasteiger partial charge on any atom is -0.382 e. The first-order valence-electron chi connectivity index (χ1n) is 5.88. The van der Waals surface area contributed by atoms with Gasteiger partial charge in [0.15, 0.2) is 0 Å². The third kappa shape index (κ3) is 1.86. The van der Waals surface area contributed by atoms with Crippen LogP contribution >= 0.6 is 15.9 Å². The number of anilines is 1. The zero-order chi connectivity index (χ0) is 11.8. The van der Waals surface area contributed by atoms with Crippen LogP contribution in [0.2, 0.25) is 0 Å². The van der Waals surface area contributed by atoms with Gasteiger partial charge in [-0.3, -0.25) is 0 Å². The van der Waals surface area contributed by atoms with E-state index < -0.39 is 0 Å². The zero-order valence-corrected chi connectivity index (χ0v) is 11.1. The quantitative estimate of drug-likeness (QED) is 0.877. The van der Waals surface area contributed by atoms with Gasteiger partial charge < -0.3 is 5.73 Å². The van der Waals surface area contributed by atoms with Crippen molar-refractivity contribution in [2.45, 2.75) is 25.7 Å². The lowest BCUT2D eigenvalue weighted by Gasteiger charge is -2.13. The van der Waals surface area contributed by atoms with Crippen LogP contribution in [0.25, 0.3) is 5.69 Å². The molecule has 2 aromatic rings. The van der Waals surface area contributed by atoms with Crippen LogP contribution in [0.4, 0.5) is 5.82 Å². The van der Waals surface area contributed by atoms with Crippen molar-refractivity contribution in [3.63, 3.8) is 0 Å². The topological polar surface area (TPSA) is 43.8 Å². The normalized spacial score (nSPS) is 14.6. The predicted octanol–water partition coefficient (Wildman–Crippen LogP) is 3.10. The molecule has 0 bridgehead atoms. The summed E-state index contributed by atoms with van der Waals surface area (Å²) in [7, 11) is 0. The Morgan fingerprint density at radius 2 is 2.06 bits per heavy atom. The number of rotatable bonds is 1. The van der Waals surface area contributed by atoms with Gasteiger partial charge in [0.05, 0.1) is 5.69 Å². The van der Waals surface area contributed by atoms with Gasteiger partial charge in [0.2, 0.25) is 0 Å². The van der Waals surface area contributed by atoms with Gasteiger partial charge in [-0.25, -0.2) is 4.68 Å². The minimum atomic E-state index is 0.694. The molecule has 0 saturated carbocycles. The number of nitrogens with zero attached hydrogens (tertiary/aromatic N) is 2. The van der Waals surface area contributed by atoms with E-state index in [0.29, 0.717) is 5.82 Å². The Morgan fingerprint density at radius 3 is 2.88 bits per heavy atom. The second-order valence-electron chi connectivity index (χ2n) is 4.41. The Morgan fingerprint density at radius 1 is 1.24 bits per heavy atom. The number of hydrogen-bond donors (Lipinski definition) is 1. The standard InChI is InChI=1S/C13H14BrN3/c14-9-4-3-5-10(8-9)17-12-7-2-1-6-11(12)13(15)16-17/h3-5,8H,1-2,6-7H2,(H2,15,16). The average Bonchev–Trinajstić information content (AvgIpc) is 2.68. The highest BCUT2D eigenvalue weighted by molar-refractivity contribution is 9.10. The lowest BCUT2D eigenvalue weighted by Crippen LogP contribution is -2.07. The Kier molecular flexibility index (Phi) is 2.67. The number of nitrogens with two attached hydrogens (primary N) is 1. The lowest BCUT2D eigenvalue weighted by atomic mass is 9.97. The van der Waals surface area contributed by atoms with Crippen LogP contribution < -0.4 is 5.73 Å². The molecule has 0 atom stereocenters. The number of hydrogen-bond acceptors (Lipinski definition) is 2. The zero-order valence-electron chi connectivity index (χ0n) is 9.49. The summed E-state index contributed by atoms with van der Waals surface area (Å²) < 4.78 is 3.06. The summed E-state index contributed by atoms with van der Waals surface area (Å²) in [6.07, 6.45) is 4.59. The first kappa shape index (κ1) is 10.8. The molecule has 1 aromatic carbocycles. The van der Waals surface area contributed by atoms with Gasteiger partial charge in [-0.2, -0.15) is 5.10 Å². The minimum absolute atomic E-state index is 0.694. The van der Waals surface area contributed by atoms with E-state index in [1.807, 2.05) is 16.8 Å². The summed E-state index contributed by atoms with van der Waals surface area (Å²) >= 11 is 3.49. The van der Waals surface area contributed by atoms with E-state index in [-0.39, 0.29) is 0 Å². The van der Waals surface area contributed by atoms with Crippen LogP contribution in [0.3, 0.4) is 0 Å². The maximum Gasteiger partial charge on any atom is 0.149 e. The number of benzene rings is 1. The Hall–Kier alpha value is -1.29. The molecule has 1 heterocycles. The largest absolute Gasteiger partial charge is 0.382 e. The van der Waals surface area contributed by atoms with Gasteiger partial charge in [-0.15, -0.1) is 0 Å². The van der Waals surface area contributed by atoms with Crippen molar-refractivity contribution in [1.82, 2.24) is 9.78 Å². The van der Waals surface area contributed by atoms with E-state index in [4.69, 9.17) is 5.73 Å². The van der Waals surface area contributed by atoms with E-state index in [1.54, 1.807) is 0 Å². The Balaban J connectivity index is 2.15. The molecule has 0 aliphatic heterocycles. The lowest BCUT2D eigenvalue weighted by molar-refractivity contribution is 0.653. The fourth-order valence-electron chi connectivity index (χ4n) is 2.45. The molecular formula is C13H14BrN3. The second kappa shape index (κ2) is 4.18. The third-order valence-electron chi connectivity index (χ3n) is 3.26. The highest BCUT2D eigenvalue weighted by atomic mass is 79.9. The summed E-state index contributed by atoms with van der Waals surface area (Å²) in [6.45, 7) is 0. The van der Waals surface area contributed by atoms with Crippen LogP contribution in [0.15, 0.2) is 28.7 Å². The van der Waals surface area contributed by atoms with Crippen LogP contribution in [-0.4, -0.2) is 9.78 Å². The molecule has 0 saturated heterocycles. The first-order valence-corrected chi connectivity index (χ1v) is 6.67. The van der Waals surface area contributed by atoms with Crippen LogP contribution in [0, 0.1) is 0 Å². The van der Waals surface area contributed by atoms with Crippen molar-refractivity contribution < 1.29 is 0 Å². The van der Waals surface area contributed by atoms with E-state index in [2.05, 4.69) is 33.2 Å². The number of nitrogen functional groups attached to an aromatic ring is 1. The maximum absolute atomic E-state index is 5.99. The number of halogens is 1. The van der Waals surface area contributed by atoms with Crippen LogP contribution in [-0.2, 0) is 12.8 Å². The SMILES string of the molecule is Nc1nn(-c2cccc(Br)c2)c2c1CCCC2. The maximum atomic E-state index is 5.99. The van der Waals surface area contributed by atoms with Gasteiger partial charge in [0, 0.05) is 15.7 Å². The summed E-state index contributed by atoms with van der Waals surface area (Å²) in [5.41, 5.74) is 9.60. The predicted molar refractivity (Wildman–Crippen MR) is 72.3 cm³/mol. The molecule has 3 rings (SSSR count). The van der Waals surface area contributed by atoms with E-state index in [0.717, 1.165) is 23.0 Å².